The van der Waals surface area contributed by atoms with Gasteiger partial charge >= 0.3 is 6.18 Å². The maximum atomic E-state index is 13.2. The quantitative estimate of drug-likeness (QED) is 0.613. The Bertz CT molecular complexity index is 1100. The highest BCUT2D eigenvalue weighted by atomic mass is 19.4. The Morgan fingerprint density at radius 1 is 1.19 bits per heavy atom. The Balaban J connectivity index is 1.52. The molecule has 0 aliphatic carbocycles. The molecule has 1 aromatic heterocycles. The number of aromatic nitrogens is 2. The maximum absolute atomic E-state index is 13.2. The topological polar surface area (TPSA) is 62.4 Å². The van der Waals surface area contributed by atoms with Crippen LogP contribution in [0, 0.1) is 0 Å². The molecule has 2 aromatic carbocycles. The van der Waals surface area contributed by atoms with E-state index in [0.717, 1.165) is 37.2 Å². The summed E-state index contributed by atoms with van der Waals surface area (Å²) in [5.41, 5.74) is 2.15. The van der Waals surface area contributed by atoms with Crippen LogP contribution in [0.1, 0.15) is 30.3 Å². The van der Waals surface area contributed by atoms with Crippen LogP contribution in [0.15, 0.2) is 42.5 Å². The fraction of sp³-hybridized carbons (Fsp3) is 0.435. The summed E-state index contributed by atoms with van der Waals surface area (Å²) in [5, 5.41) is 3.51. The van der Waals surface area contributed by atoms with Crippen LogP contribution >= 0.6 is 0 Å². The highest BCUT2D eigenvalue weighted by Crippen LogP contribution is 2.39. The largest absolute Gasteiger partial charge is 0.491 e. The van der Waals surface area contributed by atoms with Crippen LogP contribution in [0.4, 0.5) is 18.9 Å². The van der Waals surface area contributed by atoms with Crippen LogP contribution in [-0.4, -0.2) is 53.8 Å². The fourth-order valence-electron chi connectivity index (χ4n) is 4.75. The van der Waals surface area contributed by atoms with E-state index in [0.29, 0.717) is 17.8 Å². The van der Waals surface area contributed by atoms with E-state index >= 15 is 0 Å². The van der Waals surface area contributed by atoms with Crippen molar-refractivity contribution < 1.29 is 22.6 Å². The lowest BCUT2D eigenvalue weighted by molar-refractivity contribution is -0.144. The fourth-order valence-corrected chi connectivity index (χ4v) is 4.75. The SMILES string of the molecule is CO[C@H]1CCCN([C@H]2COc3ccccc3[C@@H]2Nc2cccc3[nH]c(C(F)(F)F)nc23)C1. The molecule has 0 unspecified atom stereocenters. The normalized spacial score (nSPS) is 24.2. The van der Waals surface area contributed by atoms with Gasteiger partial charge in [0.2, 0.25) is 5.82 Å². The third-order valence-electron chi connectivity index (χ3n) is 6.35. The lowest BCUT2D eigenvalue weighted by atomic mass is 9.92. The molecule has 2 aliphatic heterocycles. The number of methoxy groups -OCH3 is 1. The van der Waals surface area contributed by atoms with E-state index in [4.69, 9.17) is 9.47 Å². The smallest absolute Gasteiger partial charge is 0.449 e. The molecule has 170 valence electrons. The number of fused-ring (bicyclic) bond motifs is 2. The number of imidazole rings is 1. The van der Waals surface area contributed by atoms with Gasteiger partial charge in [-0.2, -0.15) is 13.2 Å². The zero-order valence-electron chi connectivity index (χ0n) is 17.7. The first kappa shape index (κ1) is 21.1. The molecule has 2 aliphatic rings. The van der Waals surface area contributed by atoms with E-state index in [1.165, 1.54) is 0 Å². The van der Waals surface area contributed by atoms with Gasteiger partial charge < -0.3 is 19.8 Å². The van der Waals surface area contributed by atoms with Crippen molar-refractivity contribution in [3.63, 3.8) is 0 Å². The Labute approximate surface area is 183 Å². The average molecular weight is 446 g/mol. The number of piperidine rings is 1. The molecule has 3 heterocycles. The van der Waals surface area contributed by atoms with E-state index < -0.39 is 12.0 Å². The molecule has 3 atom stereocenters. The zero-order valence-corrected chi connectivity index (χ0v) is 17.7. The van der Waals surface area contributed by atoms with Gasteiger partial charge in [0, 0.05) is 19.2 Å². The van der Waals surface area contributed by atoms with Crippen LogP contribution in [0.25, 0.3) is 11.0 Å². The monoisotopic (exact) mass is 446 g/mol. The van der Waals surface area contributed by atoms with Crippen molar-refractivity contribution in [3.05, 3.63) is 53.9 Å². The molecule has 0 saturated carbocycles. The number of ether oxygens (including phenoxy) is 2. The first-order chi connectivity index (χ1) is 15.4. The maximum Gasteiger partial charge on any atom is 0.449 e. The van der Waals surface area contributed by atoms with E-state index in [1.807, 2.05) is 24.3 Å². The predicted octanol–water partition coefficient (Wildman–Crippen LogP) is 4.61. The van der Waals surface area contributed by atoms with Crippen LogP contribution in [0.5, 0.6) is 5.75 Å². The number of hydrogen-bond donors (Lipinski definition) is 2. The predicted molar refractivity (Wildman–Crippen MR) is 115 cm³/mol. The number of para-hydroxylation sites is 2. The third-order valence-corrected chi connectivity index (χ3v) is 6.35. The summed E-state index contributed by atoms with van der Waals surface area (Å²) in [6.45, 7) is 2.18. The van der Waals surface area contributed by atoms with Crippen LogP contribution < -0.4 is 10.1 Å². The van der Waals surface area contributed by atoms with Crippen molar-refractivity contribution in [1.29, 1.82) is 0 Å². The number of halogens is 3. The number of hydrogen-bond acceptors (Lipinski definition) is 5. The highest BCUT2D eigenvalue weighted by molar-refractivity contribution is 5.88. The highest BCUT2D eigenvalue weighted by Gasteiger charge is 2.38. The molecule has 1 fully saturated rings. The summed E-state index contributed by atoms with van der Waals surface area (Å²) >= 11 is 0. The van der Waals surface area contributed by atoms with Crippen molar-refractivity contribution in [2.75, 3.05) is 32.1 Å². The van der Waals surface area contributed by atoms with E-state index in [-0.39, 0.29) is 23.7 Å². The number of anilines is 1. The van der Waals surface area contributed by atoms with Gasteiger partial charge in [-0.25, -0.2) is 4.98 Å². The van der Waals surface area contributed by atoms with Gasteiger partial charge in [0.05, 0.1) is 29.4 Å². The summed E-state index contributed by atoms with van der Waals surface area (Å²) in [7, 11) is 1.73. The number of nitrogens with zero attached hydrogens (tertiary/aromatic N) is 2. The minimum absolute atomic E-state index is 0.000801. The molecule has 0 radical (unpaired) electrons. The van der Waals surface area contributed by atoms with Crippen molar-refractivity contribution >= 4 is 16.7 Å². The summed E-state index contributed by atoms with van der Waals surface area (Å²) < 4.78 is 51.4. The zero-order chi connectivity index (χ0) is 22.3. The minimum Gasteiger partial charge on any atom is -0.491 e. The van der Waals surface area contributed by atoms with Crippen molar-refractivity contribution in [3.8, 4) is 5.75 Å². The van der Waals surface area contributed by atoms with Crippen LogP contribution in [0.2, 0.25) is 0 Å². The summed E-state index contributed by atoms with van der Waals surface area (Å²) in [5.74, 6) is -0.212. The van der Waals surface area contributed by atoms with Crippen molar-refractivity contribution in [2.45, 2.75) is 37.2 Å². The molecule has 32 heavy (non-hydrogen) atoms. The Hall–Kier alpha value is -2.78. The number of rotatable bonds is 4. The van der Waals surface area contributed by atoms with Crippen LogP contribution in [0.3, 0.4) is 0 Å². The molecule has 2 N–H and O–H groups in total. The van der Waals surface area contributed by atoms with Crippen molar-refractivity contribution in [2.24, 2.45) is 0 Å². The molecule has 0 spiro atoms. The number of H-pyrrole nitrogens is 1. The molecular weight excluding hydrogens is 421 g/mol. The number of likely N-dealkylation sites (tertiary alicyclic amines) is 1. The van der Waals surface area contributed by atoms with E-state index in [1.54, 1.807) is 25.3 Å². The molecule has 5 rings (SSSR count). The van der Waals surface area contributed by atoms with Gasteiger partial charge in [-0.3, -0.25) is 4.90 Å². The van der Waals surface area contributed by atoms with Crippen LogP contribution in [-0.2, 0) is 10.9 Å². The molecule has 9 heteroatoms. The van der Waals surface area contributed by atoms with Crippen molar-refractivity contribution in [1.82, 2.24) is 14.9 Å². The lowest BCUT2D eigenvalue weighted by Crippen LogP contribution is -2.53. The summed E-state index contributed by atoms with van der Waals surface area (Å²) in [4.78, 5) is 8.61. The van der Waals surface area contributed by atoms with Gasteiger partial charge in [-0.15, -0.1) is 0 Å². The molecule has 0 bridgehead atoms. The van der Waals surface area contributed by atoms with Gasteiger partial charge in [0.25, 0.3) is 0 Å². The number of aromatic amines is 1. The second-order valence-corrected chi connectivity index (χ2v) is 8.32. The van der Waals surface area contributed by atoms with Gasteiger partial charge in [0.15, 0.2) is 0 Å². The Kier molecular flexibility index (Phi) is 5.46. The van der Waals surface area contributed by atoms with Gasteiger partial charge in [-0.1, -0.05) is 24.3 Å². The van der Waals surface area contributed by atoms with E-state index in [2.05, 4.69) is 20.2 Å². The van der Waals surface area contributed by atoms with E-state index in [9.17, 15) is 13.2 Å². The molecular formula is C23H25F3N4O2. The first-order valence-electron chi connectivity index (χ1n) is 10.7. The second-order valence-electron chi connectivity index (χ2n) is 8.32. The summed E-state index contributed by atoms with van der Waals surface area (Å²) in [6, 6.07) is 12.7. The number of nitrogens with one attached hydrogen (secondary N) is 2. The molecule has 0 amide bonds. The first-order valence-corrected chi connectivity index (χ1v) is 10.7. The lowest BCUT2D eigenvalue weighted by Gasteiger charge is -2.44. The third kappa shape index (κ3) is 3.91. The number of benzene rings is 2. The summed E-state index contributed by atoms with van der Waals surface area (Å²) in [6.07, 6.45) is -2.34. The molecule has 1 saturated heterocycles. The minimum atomic E-state index is -4.53. The van der Waals surface area contributed by atoms with Gasteiger partial charge in [-0.05, 0) is 37.6 Å². The average Bonchev–Trinajstić information content (AvgIpc) is 3.25. The molecule has 6 nitrogen and oxygen atoms in total. The number of alkyl halides is 3. The Morgan fingerprint density at radius 3 is 2.84 bits per heavy atom. The Morgan fingerprint density at radius 2 is 2.03 bits per heavy atom. The second kappa shape index (κ2) is 8.29. The van der Waals surface area contributed by atoms with Gasteiger partial charge in [0.1, 0.15) is 17.9 Å². The standard InChI is InChI=1S/C23H25F3N4O2/c1-31-14-6-5-11-30(12-14)18-13-32-19-10-3-2-7-15(19)20(18)27-16-8-4-9-17-21(16)29-22(28-17)23(24,25)26/h2-4,7-10,14,18,20,27H,5-6,11-13H2,1H3,(H,28,29)/t14-,18-,20-/m0/s1. The molecule has 3 aromatic rings.